The molecule has 1 N–H and O–H groups in total. The van der Waals surface area contributed by atoms with E-state index >= 15 is 0 Å². The summed E-state index contributed by atoms with van der Waals surface area (Å²) in [5.74, 6) is 1.31. The number of hydrogen-bond acceptors (Lipinski definition) is 3. The van der Waals surface area contributed by atoms with Crippen molar-refractivity contribution in [3.8, 4) is 0 Å². The van der Waals surface area contributed by atoms with Crippen LogP contribution in [-0.4, -0.2) is 34.1 Å². The molecule has 2 aliphatic rings. The van der Waals surface area contributed by atoms with E-state index in [1.165, 1.54) is 37.9 Å². The van der Waals surface area contributed by atoms with Crippen molar-refractivity contribution in [2.45, 2.75) is 74.7 Å². The first-order chi connectivity index (χ1) is 9.22. The van der Waals surface area contributed by atoms with Gasteiger partial charge in [0.15, 0.2) is 0 Å². The fourth-order valence-corrected chi connectivity index (χ4v) is 6.06. The zero-order valence-corrected chi connectivity index (χ0v) is 14.3. The topological polar surface area (TPSA) is 12.0 Å². The summed E-state index contributed by atoms with van der Waals surface area (Å²) in [4.78, 5) is 0. The van der Waals surface area contributed by atoms with E-state index in [0.717, 1.165) is 22.3 Å². The SMILES string of the molecule is CCCNC(C1=CCCCC1)C1CSC(C)C(C)S1. The van der Waals surface area contributed by atoms with Gasteiger partial charge in [-0.3, -0.25) is 0 Å². The third kappa shape index (κ3) is 4.44. The standard InChI is InChI=1S/C16H29NS2/c1-4-10-17-16(14-8-6-5-7-9-14)15-11-18-12(2)13(3)19-15/h8,12-13,15-17H,4-7,9-11H2,1-3H3. The maximum absolute atomic E-state index is 3.84. The number of nitrogens with one attached hydrogen (secondary N) is 1. The minimum Gasteiger partial charge on any atom is -0.309 e. The fourth-order valence-electron chi connectivity index (χ4n) is 2.93. The molecule has 1 fully saturated rings. The molecular weight excluding hydrogens is 270 g/mol. The van der Waals surface area contributed by atoms with Gasteiger partial charge in [-0.1, -0.05) is 32.4 Å². The molecule has 0 aromatic carbocycles. The molecule has 0 aromatic heterocycles. The zero-order chi connectivity index (χ0) is 13.7. The van der Waals surface area contributed by atoms with Gasteiger partial charge in [-0.05, 0) is 38.6 Å². The maximum atomic E-state index is 3.84. The van der Waals surface area contributed by atoms with Crippen molar-refractivity contribution in [1.29, 1.82) is 0 Å². The van der Waals surface area contributed by atoms with E-state index < -0.39 is 0 Å². The molecule has 1 heterocycles. The predicted molar refractivity (Wildman–Crippen MR) is 91.4 cm³/mol. The van der Waals surface area contributed by atoms with E-state index in [-0.39, 0.29) is 0 Å². The van der Waals surface area contributed by atoms with Crippen LogP contribution < -0.4 is 5.32 Å². The summed E-state index contributed by atoms with van der Waals surface area (Å²) in [6.45, 7) is 8.22. The number of hydrogen-bond donors (Lipinski definition) is 1. The van der Waals surface area contributed by atoms with E-state index in [0.29, 0.717) is 6.04 Å². The van der Waals surface area contributed by atoms with Gasteiger partial charge in [0.1, 0.15) is 0 Å². The van der Waals surface area contributed by atoms with Crippen molar-refractivity contribution in [3.63, 3.8) is 0 Å². The highest BCUT2D eigenvalue weighted by atomic mass is 32.2. The van der Waals surface area contributed by atoms with E-state index in [9.17, 15) is 0 Å². The van der Waals surface area contributed by atoms with E-state index in [2.05, 4.69) is 55.7 Å². The van der Waals surface area contributed by atoms with E-state index in [1.54, 1.807) is 5.57 Å². The van der Waals surface area contributed by atoms with Gasteiger partial charge in [-0.15, -0.1) is 0 Å². The van der Waals surface area contributed by atoms with Crippen LogP contribution in [0.25, 0.3) is 0 Å². The van der Waals surface area contributed by atoms with Gasteiger partial charge in [0.2, 0.25) is 0 Å². The number of thioether (sulfide) groups is 2. The minimum absolute atomic E-state index is 0.632. The fraction of sp³-hybridized carbons (Fsp3) is 0.875. The molecule has 3 heteroatoms. The van der Waals surface area contributed by atoms with Gasteiger partial charge in [0, 0.05) is 27.5 Å². The molecule has 0 spiro atoms. The molecule has 4 atom stereocenters. The van der Waals surface area contributed by atoms with Gasteiger partial charge in [-0.2, -0.15) is 23.5 Å². The summed E-state index contributed by atoms with van der Waals surface area (Å²) >= 11 is 4.39. The summed E-state index contributed by atoms with van der Waals surface area (Å²) in [6, 6.07) is 0.632. The van der Waals surface area contributed by atoms with Crippen molar-refractivity contribution in [2.75, 3.05) is 12.3 Å². The molecule has 1 saturated heterocycles. The lowest BCUT2D eigenvalue weighted by atomic mass is 9.92. The Kier molecular flexibility index (Phi) is 6.64. The normalized spacial score (nSPS) is 33.8. The smallest absolute Gasteiger partial charge is 0.0407 e. The highest BCUT2D eigenvalue weighted by molar-refractivity contribution is 8.07. The third-order valence-electron chi connectivity index (χ3n) is 4.29. The van der Waals surface area contributed by atoms with Crippen LogP contribution in [0, 0.1) is 0 Å². The first-order valence-corrected chi connectivity index (χ1v) is 9.91. The minimum atomic E-state index is 0.632. The monoisotopic (exact) mass is 299 g/mol. The average Bonchev–Trinajstić information content (AvgIpc) is 2.44. The van der Waals surface area contributed by atoms with Crippen LogP contribution in [0.3, 0.4) is 0 Å². The Labute approximate surface area is 127 Å². The molecule has 19 heavy (non-hydrogen) atoms. The van der Waals surface area contributed by atoms with Gasteiger partial charge >= 0.3 is 0 Å². The zero-order valence-electron chi connectivity index (χ0n) is 12.7. The summed E-state index contributed by atoms with van der Waals surface area (Å²) in [7, 11) is 0. The lowest BCUT2D eigenvalue weighted by Crippen LogP contribution is -2.45. The summed E-state index contributed by atoms with van der Waals surface area (Å²) in [6.07, 6.45) is 9.19. The molecule has 1 aliphatic carbocycles. The molecule has 2 rings (SSSR count). The van der Waals surface area contributed by atoms with Crippen molar-refractivity contribution >= 4 is 23.5 Å². The van der Waals surface area contributed by atoms with Crippen molar-refractivity contribution in [2.24, 2.45) is 0 Å². The molecule has 1 nitrogen and oxygen atoms in total. The molecule has 110 valence electrons. The molecule has 1 aliphatic heterocycles. The Morgan fingerprint density at radius 2 is 2.16 bits per heavy atom. The lowest BCUT2D eigenvalue weighted by molar-refractivity contribution is 0.525. The van der Waals surface area contributed by atoms with Gasteiger partial charge in [0.05, 0.1) is 0 Å². The molecular formula is C16H29NS2. The molecule has 0 bridgehead atoms. The lowest BCUT2D eigenvalue weighted by Gasteiger charge is -2.38. The van der Waals surface area contributed by atoms with Crippen LogP contribution in [0.4, 0.5) is 0 Å². The Balaban J connectivity index is 2.02. The van der Waals surface area contributed by atoms with Crippen molar-refractivity contribution in [1.82, 2.24) is 5.32 Å². The quantitative estimate of drug-likeness (QED) is 0.752. The Morgan fingerprint density at radius 1 is 1.32 bits per heavy atom. The predicted octanol–water partition coefficient (Wildman–Crippen LogP) is 4.48. The third-order valence-corrected chi connectivity index (χ3v) is 7.78. The highest BCUT2D eigenvalue weighted by Gasteiger charge is 2.32. The summed E-state index contributed by atoms with van der Waals surface area (Å²) < 4.78 is 0. The van der Waals surface area contributed by atoms with Gasteiger partial charge in [0.25, 0.3) is 0 Å². The second-order valence-corrected chi connectivity index (χ2v) is 8.91. The van der Waals surface area contributed by atoms with Crippen LogP contribution >= 0.6 is 23.5 Å². The van der Waals surface area contributed by atoms with Crippen LogP contribution in [-0.2, 0) is 0 Å². The molecule has 4 unspecified atom stereocenters. The average molecular weight is 300 g/mol. The first kappa shape index (κ1) is 15.8. The van der Waals surface area contributed by atoms with Crippen LogP contribution in [0.2, 0.25) is 0 Å². The Hall–Kier alpha value is 0.400. The second-order valence-electron chi connectivity index (χ2n) is 5.87. The molecule has 0 aromatic rings. The maximum Gasteiger partial charge on any atom is 0.0407 e. The second kappa shape index (κ2) is 7.99. The summed E-state index contributed by atoms with van der Waals surface area (Å²) in [5, 5.41) is 6.22. The van der Waals surface area contributed by atoms with Gasteiger partial charge in [-0.25, -0.2) is 0 Å². The van der Waals surface area contributed by atoms with Crippen molar-refractivity contribution in [3.05, 3.63) is 11.6 Å². The highest BCUT2D eigenvalue weighted by Crippen LogP contribution is 2.39. The van der Waals surface area contributed by atoms with Crippen LogP contribution in [0.5, 0.6) is 0 Å². The van der Waals surface area contributed by atoms with E-state index in [4.69, 9.17) is 0 Å². The molecule has 0 radical (unpaired) electrons. The first-order valence-electron chi connectivity index (χ1n) is 7.91. The van der Waals surface area contributed by atoms with E-state index in [1.807, 2.05) is 0 Å². The Bertz CT molecular complexity index is 303. The van der Waals surface area contributed by atoms with Crippen molar-refractivity contribution < 1.29 is 0 Å². The summed E-state index contributed by atoms with van der Waals surface area (Å²) in [5.41, 5.74) is 1.71. The van der Waals surface area contributed by atoms with Crippen LogP contribution in [0.15, 0.2) is 11.6 Å². The number of allylic oxidation sites excluding steroid dienone is 1. The van der Waals surface area contributed by atoms with Gasteiger partial charge < -0.3 is 5.32 Å². The molecule has 0 amide bonds. The largest absolute Gasteiger partial charge is 0.309 e. The molecule has 0 saturated carbocycles. The van der Waals surface area contributed by atoms with Crippen LogP contribution in [0.1, 0.15) is 52.9 Å². The Morgan fingerprint density at radius 3 is 2.79 bits per heavy atom. The number of rotatable bonds is 5.